The highest BCUT2D eigenvalue weighted by Gasteiger charge is 2.19. The lowest BCUT2D eigenvalue weighted by atomic mass is 9.98. The number of nitrogens with one attached hydrogen (secondary N) is 1. The van der Waals surface area contributed by atoms with Gasteiger partial charge in [-0.25, -0.2) is 0 Å². The van der Waals surface area contributed by atoms with Crippen molar-refractivity contribution in [1.29, 1.82) is 0 Å². The van der Waals surface area contributed by atoms with Crippen molar-refractivity contribution in [2.24, 2.45) is 0 Å². The number of hydrogen-bond donors (Lipinski definition) is 1. The maximum atomic E-state index is 5.52. The Morgan fingerprint density at radius 3 is 1.69 bits per heavy atom. The van der Waals surface area contributed by atoms with Crippen LogP contribution in [0.4, 0.5) is 0 Å². The smallest absolute Gasteiger partial charge is 0.203 e. The summed E-state index contributed by atoms with van der Waals surface area (Å²) in [6.07, 6.45) is 4.13. The fraction of sp³-hybridized carbons (Fsp3) is 0.214. The van der Waals surface area contributed by atoms with E-state index in [-0.39, 0.29) is 0 Å². The quantitative estimate of drug-likeness (QED) is 0.461. The summed E-state index contributed by atoms with van der Waals surface area (Å²) in [6, 6.07) is 19.9. The number of nitrogens with zero attached hydrogens (tertiary/aromatic N) is 1. The van der Waals surface area contributed by atoms with Crippen LogP contribution in [0.3, 0.4) is 0 Å². The highest BCUT2D eigenvalue weighted by molar-refractivity contribution is 5.95. The third-order valence-corrected chi connectivity index (χ3v) is 5.80. The Hall–Kier alpha value is -4.26. The molecule has 0 amide bonds. The Morgan fingerprint density at radius 2 is 1.20 bits per heavy atom. The van der Waals surface area contributed by atoms with Crippen molar-refractivity contribution in [2.45, 2.75) is 6.54 Å². The van der Waals surface area contributed by atoms with E-state index in [1.807, 2.05) is 59.7 Å². The molecule has 0 bridgehead atoms. The molecule has 0 fully saturated rings. The molecule has 0 aromatic heterocycles. The van der Waals surface area contributed by atoms with Crippen LogP contribution in [0, 0.1) is 0 Å². The molecule has 1 aliphatic heterocycles. The predicted molar refractivity (Wildman–Crippen MR) is 137 cm³/mol. The second-order valence-corrected chi connectivity index (χ2v) is 7.83. The SMILES string of the molecule is COc1ccc(C2=C(c3ccc(OC)cc3)NN(Cc3cc(OC)c(OC)c(OC)c3)C=C2)cc1. The van der Waals surface area contributed by atoms with Gasteiger partial charge in [-0.2, -0.15) is 0 Å². The zero-order valence-corrected chi connectivity index (χ0v) is 20.6. The molecule has 1 aliphatic rings. The van der Waals surface area contributed by atoms with E-state index in [9.17, 15) is 0 Å². The van der Waals surface area contributed by atoms with Crippen LogP contribution in [0.25, 0.3) is 11.3 Å². The van der Waals surface area contributed by atoms with E-state index < -0.39 is 0 Å². The Balaban J connectivity index is 1.68. The number of ether oxygens (including phenoxy) is 5. The summed E-state index contributed by atoms with van der Waals surface area (Å²) in [5.41, 5.74) is 8.74. The minimum absolute atomic E-state index is 0.571. The summed E-state index contributed by atoms with van der Waals surface area (Å²) in [4.78, 5) is 0. The molecular weight excluding hydrogens is 444 g/mol. The Kier molecular flexibility index (Phi) is 7.35. The zero-order valence-electron chi connectivity index (χ0n) is 20.6. The van der Waals surface area contributed by atoms with E-state index in [0.29, 0.717) is 23.8 Å². The largest absolute Gasteiger partial charge is 0.497 e. The lowest BCUT2D eigenvalue weighted by Gasteiger charge is -2.30. The second-order valence-electron chi connectivity index (χ2n) is 7.83. The van der Waals surface area contributed by atoms with E-state index in [1.165, 1.54) is 0 Å². The van der Waals surface area contributed by atoms with Gasteiger partial charge in [-0.15, -0.1) is 0 Å². The van der Waals surface area contributed by atoms with Crippen LogP contribution in [0.15, 0.2) is 72.9 Å². The van der Waals surface area contributed by atoms with Gasteiger partial charge >= 0.3 is 0 Å². The van der Waals surface area contributed by atoms with Gasteiger partial charge in [0.2, 0.25) is 5.75 Å². The molecule has 182 valence electrons. The van der Waals surface area contributed by atoms with Crippen LogP contribution in [-0.2, 0) is 6.54 Å². The number of allylic oxidation sites excluding steroid dienone is 2. The molecule has 7 nitrogen and oxygen atoms in total. The third-order valence-electron chi connectivity index (χ3n) is 5.80. The van der Waals surface area contributed by atoms with Gasteiger partial charge < -0.3 is 23.7 Å². The van der Waals surface area contributed by atoms with Crippen molar-refractivity contribution in [3.63, 3.8) is 0 Å². The molecule has 3 aromatic carbocycles. The van der Waals surface area contributed by atoms with Crippen molar-refractivity contribution in [3.8, 4) is 28.7 Å². The van der Waals surface area contributed by atoms with Crippen molar-refractivity contribution in [2.75, 3.05) is 35.5 Å². The number of hydrazine groups is 1. The van der Waals surface area contributed by atoms with Crippen molar-refractivity contribution in [3.05, 3.63) is 89.6 Å². The van der Waals surface area contributed by atoms with Gasteiger partial charge in [0.1, 0.15) is 11.5 Å². The summed E-state index contributed by atoms with van der Waals surface area (Å²) in [6.45, 7) is 0.572. The van der Waals surface area contributed by atoms with Gasteiger partial charge in [-0.1, -0.05) is 12.1 Å². The number of benzene rings is 3. The fourth-order valence-electron chi connectivity index (χ4n) is 3.99. The molecule has 1 N–H and O–H groups in total. The van der Waals surface area contributed by atoms with Gasteiger partial charge in [0.05, 0.1) is 47.8 Å². The Bertz CT molecular complexity index is 1190. The molecule has 3 aromatic rings. The first-order chi connectivity index (χ1) is 17.1. The molecule has 0 aliphatic carbocycles. The summed E-state index contributed by atoms with van der Waals surface area (Å²) < 4.78 is 27.2. The molecule has 35 heavy (non-hydrogen) atoms. The van der Waals surface area contributed by atoms with Gasteiger partial charge in [-0.05, 0) is 65.7 Å². The van der Waals surface area contributed by atoms with E-state index in [0.717, 1.165) is 39.5 Å². The molecule has 1 heterocycles. The molecule has 0 atom stereocenters. The van der Waals surface area contributed by atoms with E-state index >= 15 is 0 Å². The van der Waals surface area contributed by atoms with E-state index in [2.05, 4.69) is 23.6 Å². The van der Waals surface area contributed by atoms with Crippen LogP contribution < -0.4 is 29.1 Å². The molecule has 0 unspecified atom stereocenters. The minimum Gasteiger partial charge on any atom is -0.497 e. The van der Waals surface area contributed by atoms with Crippen LogP contribution in [0.2, 0.25) is 0 Å². The van der Waals surface area contributed by atoms with Gasteiger partial charge in [0, 0.05) is 17.3 Å². The Morgan fingerprint density at radius 1 is 0.657 bits per heavy atom. The molecular formula is C28H30N2O5. The van der Waals surface area contributed by atoms with Crippen LogP contribution in [0.1, 0.15) is 16.7 Å². The van der Waals surface area contributed by atoms with Gasteiger partial charge in [-0.3, -0.25) is 10.4 Å². The molecule has 4 rings (SSSR count). The first kappa shape index (κ1) is 23.9. The average molecular weight is 475 g/mol. The standard InChI is InChI=1S/C28H30N2O5/c1-31-22-10-6-20(7-11-22)24-14-15-30(29-27(24)21-8-12-23(32-2)13-9-21)18-19-16-25(33-3)28(35-5)26(17-19)34-4/h6-17,29H,18H2,1-5H3. The topological polar surface area (TPSA) is 61.4 Å². The van der Waals surface area contributed by atoms with Crippen molar-refractivity contribution >= 4 is 11.3 Å². The van der Waals surface area contributed by atoms with E-state index in [4.69, 9.17) is 23.7 Å². The number of hydrogen-bond acceptors (Lipinski definition) is 7. The maximum Gasteiger partial charge on any atom is 0.203 e. The minimum atomic E-state index is 0.571. The Labute approximate surface area is 206 Å². The maximum absolute atomic E-state index is 5.52. The second kappa shape index (κ2) is 10.8. The molecule has 0 saturated heterocycles. The summed E-state index contributed by atoms with van der Waals surface area (Å²) in [5.74, 6) is 3.43. The highest BCUT2D eigenvalue weighted by Crippen LogP contribution is 2.39. The molecule has 0 spiro atoms. The monoisotopic (exact) mass is 474 g/mol. The lowest BCUT2D eigenvalue weighted by Crippen LogP contribution is -2.34. The number of rotatable bonds is 9. The summed E-state index contributed by atoms with van der Waals surface area (Å²) in [5, 5.41) is 2.02. The first-order valence-electron chi connectivity index (χ1n) is 11.1. The van der Waals surface area contributed by atoms with Crippen LogP contribution in [-0.4, -0.2) is 40.6 Å². The molecule has 0 saturated carbocycles. The molecule has 0 radical (unpaired) electrons. The van der Waals surface area contributed by atoms with E-state index in [1.54, 1.807) is 35.5 Å². The normalized spacial score (nSPS) is 12.8. The zero-order chi connectivity index (χ0) is 24.8. The third kappa shape index (κ3) is 5.14. The highest BCUT2D eigenvalue weighted by atomic mass is 16.5. The van der Waals surface area contributed by atoms with Crippen molar-refractivity contribution < 1.29 is 23.7 Å². The predicted octanol–water partition coefficient (Wildman–Crippen LogP) is 5.13. The summed E-state index contributed by atoms with van der Waals surface area (Å²) >= 11 is 0. The lowest BCUT2D eigenvalue weighted by molar-refractivity contribution is 0.306. The van der Waals surface area contributed by atoms with Crippen LogP contribution in [0.5, 0.6) is 28.7 Å². The first-order valence-corrected chi connectivity index (χ1v) is 11.1. The molecule has 7 heteroatoms. The van der Waals surface area contributed by atoms with Gasteiger partial charge in [0.15, 0.2) is 11.5 Å². The number of methoxy groups -OCH3 is 5. The average Bonchev–Trinajstić information content (AvgIpc) is 2.92. The summed E-state index contributed by atoms with van der Waals surface area (Å²) in [7, 11) is 8.16. The fourth-order valence-corrected chi connectivity index (χ4v) is 3.99. The van der Waals surface area contributed by atoms with Gasteiger partial charge in [0.25, 0.3) is 0 Å². The van der Waals surface area contributed by atoms with Crippen molar-refractivity contribution in [1.82, 2.24) is 10.4 Å². The van der Waals surface area contributed by atoms with Crippen LogP contribution >= 0.6 is 0 Å².